The van der Waals surface area contributed by atoms with Crippen LogP contribution < -0.4 is 4.57 Å². The molecule has 0 amide bonds. The lowest BCUT2D eigenvalue weighted by Gasteiger charge is -2.28. The monoisotopic (exact) mass is 371 g/mol. The first-order valence-electron chi connectivity index (χ1n) is 9.92. The Balaban J connectivity index is 2.44. The molecule has 144 valence electrons. The summed E-state index contributed by atoms with van der Waals surface area (Å²) < 4.78 is 2.20. The molecule has 2 heteroatoms. The molecule has 28 heavy (non-hydrogen) atoms. The summed E-state index contributed by atoms with van der Waals surface area (Å²) in [5.41, 5.74) is 7.38. The molecule has 2 nitrogen and oxygen atoms in total. The van der Waals surface area contributed by atoms with Gasteiger partial charge in [-0.3, -0.25) is 0 Å². The van der Waals surface area contributed by atoms with Crippen molar-refractivity contribution in [1.29, 1.82) is 5.26 Å². The van der Waals surface area contributed by atoms with Gasteiger partial charge in [-0.25, -0.2) is 4.57 Å². The number of hydrogen-bond acceptors (Lipinski definition) is 1. The van der Waals surface area contributed by atoms with E-state index in [1.165, 1.54) is 33.3 Å². The van der Waals surface area contributed by atoms with Crippen LogP contribution in [0.5, 0.6) is 0 Å². The average molecular weight is 372 g/mol. The maximum atomic E-state index is 9.28. The zero-order valence-corrected chi connectivity index (χ0v) is 18.4. The van der Waals surface area contributed by atoms with E-state index in [1.54, 1.807) is 0 Å². The number of hydrogen-bond donors (Lipinski definition) is 0. The van der Waals surface area contributed by atoms with Crippen LogP contribution in [0.2, 0.25) is 0 Å². The Morgan fingerprint density at radius 1 is 0.893 bits per heavy atom. The largest absolute Gasteiger partial charge is 0.220 e. The standard InChI is InChI=1S/C26H31N2/c1-17-22(14-20(25(2,3)4)15-23(17)26(5,6)7)24-21-10-9-18(16-27)13-19(21)11-12-28(24)8/h9-15H,1-8H3/q+1. The molecule has 0 N–H and O–H groups in total. The van der Waals surface area contributed by atoms with E-state index in [-0.39, 0.29) is 10.8 Å². The molecule has 0 fully saturated rings. The Morgan fingerprint density at radius 2 is 1.57 bits per heavy atom. The Hall–Kier alpha value is -2.66. The summed E-state index contributed by atoms with van der Waals surface area (Å²) in [6, 6.07) is 15.1. The molecule has 0 bridgehead atoms. The maximum Gasteiger partial charge on any atom is 0.220 e. The summed E-state index contributed by atoms with van der Waals surface area (Å²) in [7, 11) is 2.10. The summed E-state index contributed by atoms with van der Waals surface area (Å²) in [4.78, 5) is 0. The van der Waals surface area contributed by atoms with Crippen LogP contribution in [0.15, 0.2) is 42.6 Å². The molecule has 0 saturated carbocycles. The van der Waals surface area contributed by atoms with Crippen molar-refractivity contribution in [2.45, 2.75) is 59.3 Å². The molecule has 0 radical (unpaired) electrons. The van der Waals surface area contributed by atoms with Crippen LogP contribution in [0.3, 0.4) is 0 Å². The van der Waals surface area contributed by atoms with Crippen LogP contribution in [-0.2, 0) is 17.9 Å². The van der Waals surface area contributed by atoms with Crippen LogP contribution in [0, 0.1) is 18.3 Å². The van der Waals surface area contributed by atoms with E-state index in [0.29, 0.717) is 5.56 Å². The topological polar surface area (TPSA) is 27.7 Å². The third-order valence-electron chi connectivity index (χ3n) is 5.60. The fourth-order valence-electron chi connectivity index (χ4n) is 3.95. The highest BCUT2D eigenvalue weighted by Crippen LogP contribution is 2.38. The number of fused-ring (bicyclic) bond motifs is 1. The van der Waals surface area contributed by atoms with Gasteiger partial charge in [-0.1, -0.05) is 47.6 Å². The zero-order chi connectivity index (χ0) is 20.9. The first-order valence-corrected chi connectivity index (χ1v) is 9.92. The van der Waals surface area contributed by atoms with Gasteiger partial charge < -0.3 is 0 Å². The smallest absolute Gasteiger partial charge is 0.200 e. The van der Waals surface area contributed by atoms with Crippen LogP contribution in [-0.4, -0.2) is 0 Å². The predicted molar refractivity (Wildman–Crippen MR) is 117 cm³/mol. The van der Waals surface area contributed by atoms with Crippen molar-refractivity contribution in [3.8, 4) is 17.3 Å². The number of aromatic nitrogens is 1. The zero-order valence-electron chi connectivity index (χ0n) is 18.4. The van der Waals surface area contributed by atoms with Crippen LogP contribution in [0.25, 0.3) is 22.0 Å². The van der Waals surface area contributed by atoms with Gasteiger partial charge in [0, 0.05) is 6.07 Å². The number of pyridine rings is 1. The van der Waals surface area contributed by atoms with Gasteiger partial charge in [-0.15, -0.1) is 0 Å². The molecular formula is C26H31N2+. The summed E-state index contributed by atoms with van der Waals surface area (Å²) in [6.07, 6.45) is 2.10. The first kappa shape index (κ1) is 20.1. The Morgan fingerprint density at radius 3 is 2.14 bits per heavy atom. The summed E-state index contributed by atoms with van der Waals surface area (Å²) >= 11 is 0. The lowest BCUT2D eigenvalue weighted by Crippen LogP contribution is -2.31. The minimum Gasteiger partial charge on any atom is -0.200 e. The molecule has 2 aromatic carbocycles. The van der Waals surface area contributed by atoms with Crippen LogP contribution in [0.1, 0.15) is 63.8 Å². The molecule has 0 aliphatic carbocycles. The molecule has 0 atom stereocenters. The Labute approximate surface area is 169 Å². The number of nitrogens with zero attached hydrogens (tertiary/aromatic N) is 2. The van der Waals surface area contributed by atoms with Gasteiger partial charge in [0.25, 0.3) is 0 Å². The van der Waals surface area contributed by atoms with Crippen molar-refractivity contribution in [3.63, 3.8) is 0 Å². The molecule has 3 rings (SSSR count). The van der Waals surface area contributed by atoms with Crippen LogP contribution in [0.4, 0.5) is 0 Å². The molecule has 1 aromatic heterocycles. The van der Waals surface area contributed by atoms with Crippen molar-refractivity contribution in [2.75, 3.05) is 0 Å². The molecule has 0 saturated heterocycles. The molecule has 0 aliphatic heterocycles. The quantitative estimate of drug-likeness (QED) is 0.474. The second kappa shape index (κ2) is 6.74. The van der Waals surface area contributed by atoms with Crippen molar-refractivity contribution in [2.24, 2.45) is 7.05 Å². The van der Waals surface area contributed by atoms with Crippen molar-refractivity contribution >= 4 is 10.8 Å². The van der Waals surface area contributed by atoms with E-state index in [4.69, 9.17) is 0 Å². The normalized spacial score (nSPS) is 12.2. The van der Waals surface area contributed by atoms with Gasteiger partial charge >= 0.3 is 0 Å². The van der Waals surface area contributed by atoms with Gasteiger partial charge in [0.15, 0.2) is 6.20 Å². The second-order valence-electron chi connectivity index (χ2n) is 9.89. The number of aryl methyl sites for hydroxylation is 1. The molecule has 3 aromatic rings. The van der Waals surface area contributed by atoms with Crippen molar-refractivity contribution < 1.29 is 4.57 Å². The summed E-state index contributed by atoms with van der Waals surface area (Å²) in [5, 5.41) is 11.6. The number of benzene rings is 2. The van der Waals surface area contributed by atoms with Gasteiger partial charge in [0.05, 0.1) is 22.6 Å². The molecule has 1 heterocycles. The fourth-order valence-corrected chi connectivity index (χ4v) is 3.95. The van der Waals surface area contributed by atoms with Crippen molar-refractivity contribution in [3.05, 3.63) is 64.8 Å². The molecule has 0 aliphatic rings. The van der Waals surface area contributed by atoms with Gasteiger partial charge in [-0.05, 0) is 64.1 Å². The van der Waals surface area contributed by atoms with Gasteiger partial charge in [0.1, 0.15) is 7.05 Å². The summed E-state index contributed by atoms with van der Waals surface area (Å²) in [5.74, 6) is 0. The lowest BCUT2D eigenvalue weighted by atomic mass is 9.76. The number of rotatable bonds is 1. The van der Waals surface area contributed by atoms with E-state index in [2.05, 4.69) is 96.6 Å². The number of nitriles is 1. The highest BCUT2D eigenvalue weighted by Gasteiger charge is 2.27. The SMILES string of the molecule is Cc1c(-c2c3ccc(C#N)cc3cc[n+]2C)cc(C(C)(C)C)cc1C(C)(C)C. The first-order chi connectivity index (χ1) is 12.9. The van der Waals surface area contributed by atoms with E-state index in [0.717, 1.165) is 5.39 Å². The summed E-state index contributed by atoms with van der Waals surface area (Å²) in [6.45, 7) is 15.9. The van der Waals surface area contributed by atoms with Crippen LogP contribution >= 0.6 is 0 Å². The second-order valence-corrected chi connectivity index (χ2v) is 9.89. The Kier molecular flexibility index (Phi) is 4.84. The highest BCUT2D eigenvalue weighted by atomic mass is 14.9. The van der Waals surface area contributed by atoms with Gasteiger partial charge in [-0.2, -0.15) is 5.26 Å². The van der Waals surface area contributed by atoms with E-state index in [1.807, 2.05) is 12.1 Å². The fraction of sp³-hybridized carbons (Fsp3) is 0.385. The maximum absolute atomic E-state index is 9.28. The van der Waals surface area contributed by atoms with Gasteiger partial charge in [0.2, 0.25) is 5.69 Å². The minimum atomic E-state index is 0.0667. The Bertz CT molecular complexity index is 1100. The molecular weight excluding hydrogens is 340 g/mol. The third kappa shape index (κ3) is 3.54. The highest BCUT2D eigenvalue weighted by molar-refractivity contribution is 5.94. The lowest BCUT2D eigenvalue weighted by molar-refractivity contribution is -0.659. The average Bonchev–Trinajstić information content (AvgIpc) is 2.60. The minimum absolute atomic E-state index is 0.0667. The molecule has 0 spiro atoms. The molecule has 0 unspecified atom stereocenters. The predicted octanol–water partition coefficient (Wildman–Crippen LogP) is 6.11. The van der Waals surface area contributed by atoms with E-state index < -0.39 is 0 Å². The van der Waals surface area contributed by atoms with E-state index in [9.17, 15) is 5.26 Å². The van der Waals surface area contributed by atoms with Crippen molar-refractivity contribution in [1.82, 2.24) is 0 Å². The third-order valence-corrected chi connectivity index (χ3v) is 5.60. The van der Waals surface area contributed by atoms with E-state index >= 15 is 0 Å².